The van der Waals surface area contributed by atoms with Crippen molar-refractivity contribution in [3.05, 3.63) is 75.1 Å². The number of hydrogen-bond acceptors (Lipinski definition) is 7. The Balaban J connectivity index is 1.60. The molecule has 0 saturated heterocycles. The molecular formula is C24H22ClN5OS. The summed E-state index contributed by atoms with van der Waals surface area (Å²) >= 11 is 7.90. The first-order valence-electron chi connectivity index (χ1n) is 10.1. The van der Waals surface area contributed by atoms with Crippen LogP contribution in [0.4, 0.5) is 22.9 Å². The van der Waals surface area contributed by atoms with Gasteiger partial charge in [0.2, 0.25) is 0 Å². The van der Waals surface area contributed by atoms with Gasteiger partial charge in [-0.2, -0.15) is 0 Å². The molecule has 3 N–H and O–H groups in total. The third-order valence-corrected chi connectivity index (χ3v) is 6.84. The minimum absolute atomic E-state index is 0.447. The van der Waals surface area contributed by atoms with Crippen molar-refractivity contribution in [1.29, 1.82) is 0 Å². The number of hydrogen-bond donors (Lipinski definition) is 2. The molecule has 32 heavy (non-hydrogen) atoms. The average Bonchev–Trinajstić information content (AvgIpc) is 3.28. The number of aromatic nitrogens is 1. The molecule has 4 aromatic rings. The molecule has 6 nitrogen and oxygen atoms in total. The van der Waals surface area contributed by atoms with Gasteiger partial charge in [0.25, 0.3) is 0 Å². The van der Waals surface area contributed by atoms with E-state index in [-0.39, 0.29) is 0 Å². The molecule has 0 fully saturated rings. The number of methoxy groups -OCH3 is 1. The highest BCUT2D eigenvalue weighted by atomic mass is 35.5. The second-order valence-electron chi connectivity index (χ2n) is 7.60. The minimum atomic E-state index is 0.447. The number of rotatable bonds is 5. The number of nitrogens with two attached hydrogens (primary N) is 1. The topological polar surface area (TPSA) is 75.8 Å². The predicted octanol–water partition coefficient (Wildman–Crippen LogP) is 5.96. The van der Waals surface area contributed by atoms with Gasteiger partial charge in [0, 0.05) is 34.8 Å². The van der Waals surface area contributed by atoms with Crippen molar-refractivity contribution in [3.8, 4) is 0 Å². The van der Waals surface area contributed by atoms with E-state index in [0.29, 0.717) is 24.1 Å². The van der Waals surface area contributed by atoms with Gasteiger partial charge in [0.1, 0.15) is 18.3 Å². The number of halogens is 1. The Kier molecular flexibility index (Phi) is 5.46. The van der Waals surface area contributed by atoms with E-state index in [9.17, 15) is 0 Å². The highest BCUT2D eigenvalue weighted by molar-refractivity contribution is 7.12. The maximum atomic E-state index is 6.29. The van der Waals surface area contributed by atoms with Gasteiger partial charge in [0.05, 0.1) is 22.9 Å². The summed E-state index contributed by atoms with van der Waals surface area (Å²) in [6, 6.07) is 14.2. The van der Waals surface area contributed by atoms with Gasteiger partial charge < -0.3 is 20.7 Å². The zero-order valence-electron chi connectivity index (χ0n) is 17.7. The summed E-state index contributed by atoms with van der Waals surface area (Å²) in [5, 5.41) is 8.31. The predicted molar refractivity (Wildman–Crippen MR) is 134 cm³/mol. The number of nitrogens with one attached hydrogen (secondary N) is 1. The molecule has 5 rings (SSSR count). The fourth-order valence-corrected chi connectivity index (χ4v) is 5.04. The van der Waals surface area contributed by atoms with Crippen LogP contribution in [0.15, 0.2) is 59.0 Å². The summed E-state index contributed by atoms with van der Waals surface area (Å²) in [4.78, 5) is 12.4. The van der Waals surface area contributed by atoms with E-state index in [2.05, 4.69) is 56.8 Å². The molecular weight excluding hydrogens is 442 g/mol. The number of amidine groups is 1. The third kappa shape index (κ3) is 3.58. The number of fused-ring (bicyclic) bond motifs is 2. The van der Waals surface area contributed by atoms with Crippen molar-refractivity contribution in [2.45, 2.75) is 13.5 Å². The number of ether oxygens (including phenoxy) is 1. The lowest BCUT2D eigenvalue weighted by Crippen LogP contribution is -2.28. The molecule has 1 aliphatic heterocycles. The van der Waals surface area contributed by atoms with Crippen LogP contribution in [0.2, 0.25) is 5.02 Å². The highest BCUT2D eigenvalue weighted by Gasteiger charge is 2.24. The number of nitrogens with zero attached hydrogens (tertiary/aromatic N) is 3. The van der Waals surface area contributed by atoms with Gasteiger partial charge in [-0.1, -0.05) is 23.7 Å². The lowest BCUT2D eigenvalue weighted by molar-refractivity contribution is 0.185. The second-order valence-corrected chi connectivity index (χ2v) is 8.92. The van der Waals surface area contributed by atoms with Crippen LogP contribution < -0.4 is 16.0 Å². The fourth-order valence-electron chi connectivity index (χ4n) is 4.05. The van der Waals surface area contributed by atoms with Crippen LogP contribution >= 0.6 is 22.9 Å². The van der Waals surface area contributed by atoms with Crippen molar-refractivity contribution < 1.29 is 4.74 Å². The first kappa shape index (κ1) is 20.8. The molecule has 2 aromatic carbocycles. The van der Waals surface area contributed by atoms with Gasteiger partial charge in [-0.25, -0.2) is 9.98 Å². The maximum Gasteiger partial charge on any atom is 0.139 e. The molecule has 162 valence electrons. The van der Waals surface area contributed by atoms with E-state index in [0.717, 1.165) is 49.7 Å². The van der Waals surface area contributed by atoms with Crippen LogP contribution in [-0.4, -0.2) is 24.6 Å². The fraction of sp³-hybridized carbons (Fsp3) is 0.167. The van der Waals surface area contributed by atoms with E-state index in [1.807, 2.05) is 24.4 Å². The zero-order valence-corrected chi connectivity index (χ0v) is 19.3. The van der Waals surface area contributed by atoms with E-state index in [1.165, 1.54) is 0 Å². The number of aliphatic imine (C=N–C) groups is 1. The molecule has 0 amide bonds. The minimum Gasteiger partial charge on any atom is -0.383 e. The molecule has 8 heteroatoms. The SMILES string of the molecule is COCc1cc(Nc2nccc3c(N4CN=C(N)c5sccc54)c(C)ccc23)ccc1Cl. The van der Waals surface area contributed by atoms with Gasteiger partial charge in [-0.05, 0) is 53.8 Å². The summed E-state index contributed by atoms with van der Waals surface area (Å²) < 4.78 is 5.26. The van der Waals surface area contributed by atoms with Crippen molar-refractivity contribution in [1.82, 2.24) is 4.98 Å². The first-order valence-corrected chi connectivity index (χ1v) is 11.4. The van der Waals surface area contributed by atoms with E-state index < -0.39 is 0 Å². The van der Waals surface area contributed by atoms with Crippen molar-refractivity contribution in [2.24, 2.45) is 10.7 Å². The molecule has 3 heterocycles. The van der Waals surface area contributed by atoms with Crippen LogP contribution in [0.5, 0.6) is 0 Å². The monoisotopic (exact) mass is 463 g/mol. The van der Waals surface area contributed by atoms with E-state index >= 15 is 0 Å². The smallest absolute Gasteiger partial charge is 0.139 e. The highest BCUT2D eigenvalue weighted by Crippen LogP contribution is 2.41. The molecule has 2 aromatic heterocycles. The van der Waals surface area contributed by atoms with Gasteiger partial charge in [-0.3, -0.25) is 0 Å². The lowest BCUT2D eigenvalue weighted by Gasteiger charge is -2.29. The quantitative estimate of drug-likeness (QED) is 0.381. The summed E-state index contributed by atoms with van der Waals surface area (Å²) in [6.45, 7) is 3.05. The van der Waals surface area contributed by atoms with E-state index in [4.69, 9.17) is 22.1 Å². The maximum absolute atomic E-state index is 6.29. The van der Waals surface area contributed by atoms with Crippen LogP contribution in [0.3, 0.4) is 0 Å². The molecule has 0 bridgehead atoms. The lowest BCUT2D eigenvalue weighted by atomic mass is 10.0. The van der Waals surface area contributed by atoms with Crippen LogP contribution in [-0.2, 0) is 11.3 Å². The van der Waals surface area contributed by atoms with Crippen LogP contribution in [0.1, 0.15) is 16.0 Å². The number of aryl methyl sites for hydroxylation is 1. The second kappa shape index (κ2) is 8.43. The Morgan fingerprint density at radius 3 is 2.91 bits per heavy atom. The Morgan fingerprint density at radius 1 is 1.19 bits per heavy atom. The number of thiophene rings is 1. The Morgan fingerprint density at radius 2 is 2.06 bits per heavy atom. The summed E-state index contributed by atoms with van der Waals surface area (Å²) in [5.41, 5.74) is 11.3. The largest absolute Gasteiger partial charge is 0.383 e. The van der Waals surface area contributed by atoms with E-state index in [1.54, 1.807) is 18.4 Å². The Labute approximate surface area is 195 Å². The van der Waals surface area contributed by atoms with Crippen molar-refractivity contribution >= 4 is 62.4 Å². The number of anilines is 4. The van der Waals surface area contributed by atoms with Gasteiger partial charge in [0.15, 0.2) is 0 Å². The van der Waals surface area contributed by atoms with Gasteiger partial charge in [-0.15, -0.1) is 11.3 Å². The Bertz CT molecular complexity index is 1350. The molecule has 0 spiro atoms. The molecule has 1 aliphatic rings. The van der Waals surface area contributed by atoms with Crippen molar-refractivity contribution in [2.75, 3.05) is 24.0 Å². The molecule has 0 radical (unpaired) electrons. The summed E-state index contributed by atoms with van der Waals surface area (Å²) in [6.07, 6.45) is 1.83. The van der Waals surface area contributed by atoms with Gasteiger partial charge >= 0.3 is 0 Å². The normalized spacial score (nSPS) is 13.2. The summed E-state index contributed by atoms with van der Waals surface area (Å²) in [7, 11) is 1.66. The molecule has 0 saturated carbocycles. The zero-order chi connectivity index (χ0) is 22.2. The Hall–Kier alpha value is -3.13. The third-order valence-electron chi connectivity index (χ3n) is 5.55. The summed E-state index contributed by atoms with van der Waals surface area (Å²) in [5.74, 6) is 1.38. The first-order chi connectivity index (χ1) is 15.6. The molecule has 0 aliphatic carbocycles. The molecule has 0 unspecified atom stereocenters. The van der Waals surface area contributed by atoms with Crippen molar-refractivity contribution in [3.63, 3.8) is 0 Å². The standard InChI is InChI=1S/C24H22ClN5OS/c1-14-3-5-18-17(21(14)30-13-28-23(26)22-20(30)8-10-32-22)7-9-27-24(18)29-16-4-6-19(25)15(11-16)12-31-2/h3-11H,12-13H2,1-2H3,(H2,26,28)(H,27,29). The number of benzene rings is 2. The van der Waals surface area contributed by atoms with Crippen LogP contribution in [0.25, 0.3) is 10.8 Å². The van der Waals surface area contributed by atoms with Crippen LogP contribution in [0, 0.1) is 6.92 Å². The number of pyridine rings is 1. The molecule has 0 atom stereocenters. The average molecular weight is 464 g/mol.